The molecule has 4 saturated carbocycles. The molecule has 3 atom stereocenters. The Balaban J connectivity index is 1.15. The third-order valence-electron chi connectivity index (χ3n) is 9.75. The normalized spacial score (nSPS) is 28.9. The van der Waals surface area contributed by atoms with E-state index in [0.717, 1.165) is 30.4 Å². The van der Waals surface area contributed by atoms with Crippen LogP contribution in [0.1, 0.15) is 69.4 Å². The summed E-state index contributed by atoms with van der Waals surface area (Å²) in [6, 6.07) is 16.5. The van der Waals surface area contributed by atoms with Crippen molar-refractivity contribution in [2.75, 3.05) is 17.7 Å². The minimum absolute atomic E-state index is 0.00189. The quantitative estimate of drug-likeness (QED) is 0.215. The van der Waals surface area contributed by atoms with Gasteiger partial charge in [0, 0.05) is 0 Å². The van der Waals surface area contributed by atoms with Gasteiger partial charge in [0.1, 0.15) is 0 Å². The molecule has 2 aromatic rings. The van der Waals surface area contributed by atoms with Gasteiger partial charge in [0.25, 0.3) is 0 Å². The van der Waals surface area contributed by atoms with Gasteiger partial charge >= 0.3 is 244 Å². The van der Waals surface area contributed by atoms with Crippen molar-refractivity contribution in [3.63, 3.8) is 0 Å². The number of carbonyl (C=O) groups is 2. The Morgan fingerprint density at radius 2 is 1.48 bits per heavy atom. The van der Waals surface area contributed by atoms with Gasteiger partial charge in [0.05, 0.1) is 0 Å². The Hall–Kier alpha value is -1.87. The van der Waals surface area contributed by atoms with Crippen LogP contribution in [0.25, 0.3) is 11.1 Å². The van der Waals surface area contributed by atoms with Crippen molar-refractivity contribution in [2.24, 2.45) is 29.6 Å². The van der Waals surface area contributed by atoms with E-state index in [9.17, 15) is 19.3 Å². The van der Waals surface area contributed by atoms with E-state index in [1.807, 2.05) is 38.1 Å². The van der Waals surface area contributed by atoms with Gasteiger partial charge in [-0.25, -0.2) is 0 Å². The van der Waals surface area contributed by atoms with Crippen LogP contribution >= 0.6 is 7.37 Å². The number of hydrogen-bond acceptors (Lipinski definition) is 5. The zero-order valence-corrected chi connectivity index (χ0v) is 26.4. The van der Waals surface area contributed by atoms with Crippen LogP contribution in [0.5, 0.6) is 0 Å². The van der Waals surface area contributed by atoms with Crippen LogP contribution in [0.4, 0.5) is 4.79 Å². The minimum atomic E-state index is -3.37. The molecule has 0 aromatic heterocycles. The second kappa shape index (κ2) is 11.1. The number of hydrogen-bond donors (Lipinski definition) is 1. The number of fused-ring (bicyclic) bond motifs is 3. The molecular formula is C32H40AsO6P. The number of aliphatic carboxylic acids is 1. The SMILES string of the molecule is CC(C)[C@@H](C[P@@](=O)(C[AsH]C(=O)OCC1c2ccccc2-c2ccccc21)OC12CC3CC(CC(C3)C1)C2)C(=O)O. The van der Waals surface area contributed by atoms with Gasteiger partial charge < -0.3 is 0 Å². The molecule has 4 bridgehead atoms. The van der Waals surface area contributed by atoms with Crippen molar-refractivity contribution in [3.05, 3.63) is 59.7 Å². The summed E-state index contributed by atoms with van der Waals surface area (Å²) < 4.78 is 26.8. The first kappa shape index (κ1) is 28.3. The van der Waals surface area contributed by atoms with E-state index in [1.165, 1.54) is 30.4 Å². The van der Waals surface area contributed by atoms with Crippen LogP contribution < -0.4 is 0 Å². The van der Waals surface area contributed by atoms with Gasteiger partial charge in [0.15, 0.2) is 0 Å². The van der Waals surface area contributed by atoms with Gasteiger partial charge in [-0.15, -0.1) is 0 Å². The van der Waals surface area contributed by atoms with E-state index in [0.29, 0.717) is 17.8 Å². The zero-order chi connectivity index (χ0) is 28.1. The predicted molar refractivity (Wildman–Crippen MR) is 158 cm³/mol. The molecule has 1 N–H and O–H groups in total. The summed E-state index contributed by atoms with van der Waals surface area (Å²) in [7, 11) is -3.37. The monoisotopic (exact) mass is 626 g/mol. The molecule has 0 radical (unpaired) electrons. The number of carboxylic acid groups (broad SMARTS) is 1. The van der Waals surface area contributed by atoms with E-state index >= 15 is 0 Å². The molecule has 0 spiro atoms. The summed E-state index contributed by atoms with van der Waals surface area (Å²) in [6.45, 7) is 3.96. The molecule has 1 unspecified atom stereocenters. The number of benzene rings is 2. The van der Waals surface area contributed by atoms with Crippen LogP contribution in [0.15, 0.2) is 48.5 Å². The van der Waals surface area contributed by atoms with Gasteiger partial charge in [-0.05, 0) is 0 Å². The molecule has 0 saturated heterocycles. The van der Waals surface area contributed by atoms with E-state index in [4.69, 9.17) is 9.26 Å². The van der Waals surface area contributed by atoms with Crippen LogP contribution in [0, 0.1) is 29.6 Å². The van der Waals surface area contributed by atoms with Gasteiger partial charge in [-0.1, -0.05) is 0 Å². The van der Waals surface area contributed by atoms with Crippen molar-refractivity contribution in [3.8, 4) is 11.1 Å². The number of carbonyl (C=O) groups excluding carboxylic acids is 1. The molecule has 214 valence electrons. The van der Waals surface area contributed by atoms with Crippen LogP contribution in [0.2, 0.25) is 0 Å². The van der Waals surface area contributed by atoms with Crippen molar-refractivity contribution in [2.45, 2.75) is 63.9 Å². The summed E-state index contributed by atoms with van der Waals surface area (Å²) in [5.74, 6) is -0.00962. The fourth-order valence-electron chi connectivity index (χ4n) is 8.34. The number of ether oxygens (including phenoxy) is 1. The first-order chi connectivity index (χ1) is 19.1. The van der Waals surface area contributed by atoms with Crippen LogP contribution in [-0.2, 0) is 18.6 Å². The molecule has 2 aromatic carbocycles. The van der Waals surface area contributed by atoms with E-state index in [2.05, 4.69) is 24.3 Å². The average molecular weight is 627 g/mol. The molecule has 0 heterocycles. The summed E-state index contributed by atoms with van der Waals surface area (Å²) >= 11 is -1.42. The molecule has 40 heavy (non-hydrogen) atoms. The van der Waals surface area contributed by atoms with Crippen molar-refractivity contribution >= 4 is 33.8 Å². The second-order valence-electron chi connectivity index (χ2n) is 13.0. The first-order valence-corrected chi connectivity index (χ1v) is 19.3. The summed E-state index contributed by atoms with van der Waals surface area (Å²) in [5.41, 5.74) is 4.27. The summed E-state index contributed by atoms with van der Waals surface area (Å²) in [6.07, 6.45) is 6.49. The van der Waals surface area contributed by atoms with Crippen molar-refractivity contribution in [1.29, 1.82) is 0 Å². The Labute approximate surface area is 243 Å². The molecule has 4 fully saturated rings. The Morgan fingerprint density at radius 3 is 1.98 bits per heavy atom. The van der Waals surface area contributed by atoms with Crippen LogP contribution in [-0.4, -0.2) is 54.9 Å². The molecule has 6 nitrogen and oxygen atoms in total. The standard InChI is InChI=1S/C32H40AsO6P/c1-20(2)29(30(34)35)18-40(37,39-32-14-21-11-22(15-32)13-23(12-21)16-32)19-33-31(36)38-17-28-26-9-5-3-7-24(26)25-8-4-6-10-27(25)28/h3-10,20-23,28-29,33H,11-19H2,1-2H3,(H,34,35)/t21?,22?,23?,29-,32?,40+/m1/s1. The van der Waals surface area contributed by atoms with Crippen LogP contribution in [0.3, 0.4) is 0 Å². The van der Waals surface area contributed by atoms with Gasteiger partial charge in [-0.2, -0.15) is 0 Å². The maximum atomic E-state index is 14.5. The van der Waals surface area contributed by atoms with E-state index in [1.54, 1.807) is 0 Å². The summed E-state index contributed by atoms with van der Waals surface area (Å²) in [5, 5.41) is 9.92. The fraction of sp³-hybridized carbons (Fsp3) is 0.562. The second-order valence-corrected chi connectivity index (χ2v) is 19.1. The predicted octanol–water partition coefficient (Wildman–Crippen LogP) is 6.95. The zero-order valence-electron chi connectivity index (χ0n) is 23.4. The van der Waals surface area contributed by atoms with E-state index < -0.39 is 40.6 Å². The fourth-order valence-corrected chi connectivity index (χ4v) is 15.0. The Kier molecular flexibility index (Phi) is 7.83. The van der Waals surface area contributed by atoms with Gasteiger partial charge in [0.2, 0.25) is 0 Å². The van der Waals surface area contributed by atoms with E-state index in [-0.39, 0.29) is 34.3 Å². The Morgan fingerprint density at radius 1 is 0.950 bits per heavy atom. The average Bonchev–Trinajstić information content (AvgIpc) is 3.22. The number of carboxylic acids is 1. The molecule has 0 amide bonds. The van der Waals surface area contributed by atoms with Crippen molar-refractivity contribution < 1.29 is 28.5 Å². The van der Waals surface area contributed by atoms with Gasteiger partial charge in [-0.3, -0.25) is 0 Å². The topological polar surface area (TPSA) is 89.9 Å². The summed E-state index contributed by atoms with van der Waals surface area (Å²) in [4.78, 5) is 25.4. The third-order valence-corrected chi connectivity index (χ3v) is 17.0. The van der Waals surface area contributed by atoms with Crippen molar-refractivity contribution in [1.82, 2.24) is 0 Å². The Bertz CT molecular complexity index is 1260. The molecular weight excluding hydrogens is 586 g/mol. The number of rotatable bonds is 11. The maximum absolute atomic E-state index is 14.5. The first-order valence-electron chi connectivity index (χ1n) is 14.7. The molecule has 0 aliphatic heterocycles. The molecule has 5 aliphatic carbocycles. The molecule has 7 rings (SSSR count). The molecule has 8 heteroatoms. The third kappa shape index (κ3) is 5.61. The molecule has 5 aliphatic rings.